The number of thioether (sulfide) groups is 1. The van der Waals surface area contributed by atoms with Crippen LogP contribution in [0.4, 0.5) is 18.9 Å². The molecule has 0 fully saturated rings. The van der Waals surface area contributed by atoms with E-state index in [-0.39, 0.29) is 11.7 Å². The van der Waals surface area contributed by atoms with Gasteiger partial charge in [-0.3, -0.25) is 4.79 Å². The number of nitrogens with one attached hydrogen (secondary N) is 1. The van der Waals surface area contributed by atoms with Crippen molar-refractivity contribution in [3.63, 3.8) is 0 Å². The van der Waals surface area contributed by atoms with Crippen LogP contribution in [-0.4, -0.2) is 33.0 Å². The Morgan fingerprint density at radius 1 is 1.14 bits per heavy atom. The minimum atomic E-state index is -4.17. The van der Waals surface area contributed by atoms with Gasteiger partial charge in [0, 0.05) is 16.8 Å². The Labute approximate surface area is 171 Å². The highest BCUT2D eigenvalue weighted by Gasteiger charge is 2.26. The van der Waals surface area contributed by atoms with Crippen LogP contribution >= 0.6 is 23.1 Å². The molecule has 1 amide bonds. The summed E-state index contributed by atoms with van der Waals surface area (Å²) in [5, 5.41) is 11.4. The molecule has 0 atom stereocenters. The van der Waals surface area contributed by atoms with E-state index in [9.17, 15) is 18.0 Å². The highest BCUT2D eigenvalue weighted by molar-refractivity contribution is 8.01. The molecule has 0 radical (unpaired) electrons. The summed E-state index contributed by atoms with van der Waals surface area (Å²) in [6.07, 6.45) is -3.62. The Morgan fingerprint density at radius 2 is 1.97 bits per heavy atom. The van der Waals surface area contributed by atoms with E-state index < -0.39 is 12.6 Å². The van der Waals surface area contributed by atoms with Crippen molar-refractivity contribution in [2.75, 3.05) is 11.1 Å². The number of anilines is 1. The Kier molecular flexibility index (Phi) is 5.37. The molecule has 0 spiro atoms. The quantitative estimate of drug-likeness (QED) is 0.418. The SMILES string of the molecule is O=C(Nc1ccc2nc(SCCC(F)(F)F)sc2c1)c1cnnc2ccccc12. The number of aromatic nitrogens is 3. The van der Waals surface area contributed by atoms with Gasteiger partial charge in [-0.15, -0.1) is 11.3 Å². The van der Waals surface area contributed by atoms with E-state index in [4.69, 9.17) is 0 Å². The number of carbonyl (C=O) groups is 1. The van der Waals surface area contributed by atoms with Crippen LogP contribution in [0.2, 0.25) is 0 Å². The molecule has 0 aliphatic carbocycles. The number of hydrogen-bond acceptors (Lipinski definition) is 6. The molecule has 2 aromatic carbocycles. The molecule has 0 saturated heterocycles. The third kappa shape index (κ3) is 4.65. The number of halogens is 3. The number of rotatable bonds is 5. The molecule has 0 aliphatic rings. The van der Waals surface area contributed by atoms with Gasteiger partial charge in [-0.2, -0.15) is 23.4 Å². The van der Waals surface area contributed by atoms with E-state index >= 15 is 0 Å². The zero-order chi connectivity index (χ0) is 20.4. The zero-order valence-corrected chi connectivity index (χ0v) is 16.4. The molecule has 5 nitrogen and oxygen atoms in total. The molecule has 4 aromatic rings. The molecule has 1 N–H and O–H groups in total. The molecule has 29 heavy (non-hydrogen) atoms. The first-order valence-corrected chi connectivity index (χ1v) is 10.3. The molecular formula is C19H13F3N4OS2. The largest absolute Gasteiger partial charge is 0.389 e. The van der Waals surface area contributed by atoms with Crippen LogP contribution in [0.15, 0.2) is 53.0 Å². The molecule has 0 unspecified atom stereocenters. The topological polar surface area (TPSA) is 67.8 Å². The first kappa shape index (κ1) is 19.6. The molecule has 2 aromatic heterocycles. The van der Waals surface area contributed by atoms with Gasteiger partial charge in [-0.1, -0.05) is 30.0 Å². The molecular weight excluding hydrogens is 421 g/mol. The third-order valence-electron chi connectivity index (χ3n) is 4.03. The summed E-state index contributed by atoms with van der Waals surface area (Å²) >= 11 is 2.37. The Bertz CT molecular complexity index is 1190. The second-order valence-corrected chi connectivity index (χ2v) is 8.48. The van der Waals surface area contributed by atoms with Crippen LogP contribution in [0.25, 0.3) is 21.1 Å². The first-order chi connectivity index (χ1) is 13.9. The van der Waals surface area contributed by atoms with E-state index in [1.807, 2.05) is 12.1 Å². The number of thiazole rings is 1. The molecule has 2 heterocycles. The van der Waals surface area contributed by atoms with Crippen LogP contribution in [0.1, 0.15) is 16.8 Å². The summed E-state index contributed by atoms with van der Waals surface area (Å²) in [5.74, 6) is -0.394. The minimum absolute atomic E-state index is 0.0744. The number of amides is 1. The predicted molar refractivity (Wildman–Crippen MR) is 109 cm³/mol. The lowest BCUT2D eigenvalue weighted by Crippen LogP contribution is -2.13. The van der Waals surface area contributed by atoms with E-state index in [1.54, 1.807) is 30.3 Å². The lowest BCUT2D eigenvalue weighted by Gasteiger charge is -2.07. The van der Waals surface area contributed by atoms with E-state index in [0.29, 0.717) is 32.0 Å². The van der Waals surface area contributed by atoms with Crippen LogP contribution in [-0.2, 0) is 0 Å². The Balaban J connectivity index is 1.51. The van der Waals surface area contributed by atoms with Gasteiger partial charge >= 0.3 is 6.18 Å². The van der Waals surface area contributed by atoms with Crippen molar-refractivity contribution >= 4 is 55.8 Å². The fourth-order valence-electron chi connectivity index (χ4n) is 2.68. The average molecular weight is 434 g/mol. The summed E-state index contributed by atoms with van der Waals surface area (Å²) in [7, 11) is 0. The van der Waals surface area contributed by atoms with Crippen molar-refractivity contribution < 1.29 is 18.0 Å². The lowest BCUT2D eigenvalue weighted by atomic mass is 10.1. The molecule has 10 heteroatoms. The standard InChI is InChI=1S/C19H13F3N4OS2/c20-19(21,22)7-8-28-18-25-15-6-5-11(9-16(15)29-18)24-17(27)13-10-23-26-14-4-2-1-3-12(13)14/h1-6,9-10H,7-8H2,(H,24,27). The number of carbonyl (C=O) groups excluding carboxylic acids is 1. The lowest BCUT2D eigenvalue weighted by molar-refractivity contribution is -0.129. The van der Waals surface area contributed by atoms with E-state index in [0.717, 1.165) is 16.5 Å². The number of hydrogen-bond donors (Lipinski definition) is 1. The summed E-state index contributed by atoms with van der Waals surface area (Å²) in [6, 6.07) is 12.4. The maximum atomic E-state index is 12.7. The van der Waals surface area contributed by atoms with Crippen LogP contribution in [0.3, 0.4) is 0 Å². The summed E-state index contributed by atoms with van der Waals surface area (Å²) < 4.78 is 38.2. The van der Waals surface area contributed by atoms with E-state index in [1.165, 1.54) is 17.5 Å². The predicted octanol–water partition coefficient (Wildman–Crippen LogP) is 5.54. The van der Waals surface area contributed by atoms with Crippen molar-refractivity contribution in [3.8, 4) is 0 Å². The molecule has 0 saturated carbocycles. The highest BCUT2D eigenvalue weighted by atomic mass is 32.2. The molecule has 0 aliphatic heterocycles. The molecule has 4 rings (SSSR count). The zero-order valence-electron chi connectivity index (χ0n) is 14.7. The molecule has 0 bridgehead atoms. The number of fused-ring (bicyclic) bond motifs is 2. The maximum Gasteiger partial charge on any atom is 0.389 e. The monoisotopic (exact) mass is 434 g/mol. The van der Waals surface area contributed by atoms with Crippen molar-refractivity contribution in [2.24, 2.45) is 0 Å². The van der Waals surface area contributed by atoms with Gasteiger partial charge in [0.25, 0.3) is 5.91 Å². The second-order valence-electron chi connectivity index (χ2n) is 6.11. The summed E-state index contributed by atoms with van der Waals surface area (Å²) in [6.45, 7) is 0. The number of benzene rings is 2. The van der Waals surface area contributed by atoms with Gasteiger partial charge in [-0.05, 0) is 24.3 Å². The van der Waals surface area contributed by atoms with Crippen LogP contribution in [0.5, 0.6) is 0 Å². The van der Waals surface area contributed by atoms with Gasteiger partial charge < -0.3 is 5.32 Å². The van der Waals surface area contributed by atoms with Gasteiger partial charge in [0.2, 0.25) is 0 Å². The second kappa shape index (κ2) is 7.96. The van der Waals surface area contributed by atoms with Gasteiger partial charge in [0.1, 0.15) is 0 Å². The minimum Gasteiger partial charge on any atom is -0.322 e. The summed E-state index contributed by atoms with van der Waals surface area (Å²) in [5.41, 5.74) is 2.28. The fourth-order valence-corrected chi connectivity index (χ4v) is 4.85. The number of nitrogens with zero attached hydrogens (tertiary/aromatic N) is 3. The summed E-state index contributed by atoms with van der Waals surface area (Å²) in [4.78, 5) is 17.0. The van der Waals surface area contributed by atoms with E-state index in [2.05, 4.69) is 20.5 Å². The van der Waals surface area contributed by atoms with Crippen molar-refractivity contribution in [2.45, 2.75) is 16.9 Å². The third-order valence-corrected chi connectivity index (χ3v) is 6.19. The van der Waals surface area contributed by atoms with Gasteiger partial charge in [0.15, 0.2) is 4.34 Å². The van der Waals surface area contributed by atoms with Crippen molar-refractivity contribution in [1.82, 2.24) is 15.2 Å². The van der Waals surface area contributed by atoms with Crippen molar-refractivity contribution in [1.29, 1.82) is 0 Å². The Hall–Kier alpha value is -2.72. The fraction of sp³-hybridized carbons (Fsp3) is 0.158. The van der Waals surface area contributed by atoms with Gasteiger partial charge in [0.05, 0.1) is 33.9 Å². The smallest absolute Gasteiger partial charge is 0.322 e. The van der Waals surface area contributed by atoms with Gasteiger partial charge in [-0.25, -0.2) is 4.98 Å². The Morgan fingerprint density at radius 3 is 2.79 bits per heavy atom. The van der Waals surface area contributed by atoms with Crippen molar-refractivity contribution in [3.05, 3.63) is 54.2 Å². The maximum absolute atomic E-state index is 12.7. The highest BCUT2D eigenvalue weighted by Crippen LogP contribution is 2.33. The first-order valence-electron chi connectivity index (χ1n) is 8.51. The number of alkyl halides is 3. The van der Waals surface area contributed by atoms with Crippen LogP contribution < -0.4 is 5.32 Å². The van der Waals surface area contributed by atoms with Crippen LogP contribution in [0, 0.1) is 0 Å². The molecule has 148 valence electrons. The normalized spacial score (nSPS) is 11.8. The average Bonchev–Trinajstić information content (AvgIpc) is 3.08.